The van der Waals surface area contributed by atoms with E-state index in [1.165, 1.54) is 0 Å². The number of methoxy groups -OCH3 is 1. The summed E-state index contributed by atoms with van der Waals surface area (Å²) in [7, 11) is -1.80. The highest BCUT2D eigenvalue weighted by atomic mass is 32.2. The van der Waals surface area contributed by atoms with E-state index in [1.54, 1.807) is 35.7 Å². The average molecular weight is 327 g/mol. The van der Waals surface area contributed by atoms with Gasteiger partial charge in [-0.1, -0.05) is 13.3 Å². The highest BCUT2D eigenvalue weighted by Crippen LogP contribution is 2.27. The maximum Gasteiger partial charge on any atom is 0.243 e. The molecule has 1 fully saturated rings. The molecule has 1 atom stereocenters. The Morgan fingerprint density at radius 2 is 1.91 bits per heavy atom. The molecule has 0 aromatic heterocycles. The van der Waals surface area contributed by atoms with Crippen molar-refractivity contribution in [3.63, 3.8) is 0 Å². The lowest BCUT2D eigenvalue weighted by Crippen LogP contribution is -2.43. The highest BCUT2D eigenvalue weighted by molar-refractivity contribution is 7.89. The van der Waals surface area contributed by atoms with Crippen molar-refractivity contribution < 1.29 is 17.9 Å². The fourth-order valence-electron chi connectivity index (χ4n) is 2.78. The molecule has 1 aliphatic rings. The van der Waals surface area contributed by atoms with Gasteiger partial charge < -0.3 is 9.47 Å². The zero-order valence-corrected chi connectivity index (χ0v) is 14.1. The number of piperidine rings is 1. The summed E-state index contributed by atoms with van der Waals surface area (Å²) in [4.78, 5) is 0.340. The second-order valence-electron chi connectivity index (χ2n) is 5.49. The van der Waals surface area contributed by atoms with Crippen LogP contribution in [0.1, 0.15) is 32.6 Å². The van der Waals surface area contributed by atoms with Gasteiger partial charge in [0.2, 0.25) is 10.0 Å². The third-order valence-corrected chi connectivity index (χ3v) is 6.00. The van der Waals surface area contributed by atoms with Gasteiger partial charge >= 0.3 is 0 Å². The molecule has 0 aliphatic carbocycles. The van der Waals surface area contributed by atoms with Gasteiger partial charge in [0.25, 0.3) is 0 Å². The molecule has 0 amide bonds. The lowest BCUT2D eigenvalue weighted by atomic mass is 10.0. The molecule has 22 heavy (non-hydrogen) atoms. The molecule has 124 valence electrons. The van der Waals surface area contributed by atoms with Crippen molar-refractivity contribution >= 4 is 10.0 Å². The molecule has 0 saturated carbocycles. The maximum absolute atomic E-state index is 12.8. The van der Waals surface area contributed by atoms with E-state index in [4.69, 9.17) is 9.47 Å². The average Bonchev–Trinajstić information content (AvgIpc) is 2.55. The number of hydrogen-bond donors (Lipinski definition) is 0. The minimum atomic E-state index is -3.41. The van der Waals surface area contributed by atoms with Gasteiger partial charge in [-0.3, -0.25) is 0 Å². The molecule has 0 spiro atoms. The Bertz CT molecular complexity index is 556. The number of ether oxygens (including phenoxy) is 2. The van der Waals surface area contributed by atoms with E-state index >= 15 is 0 Å². The van der Waals surface area contributed by atoms with E-state index in [0.717, 1.165) is 25.7 Å². The minimum absolute atomic E-state index is 0.122. The first kappa shape index (κ1) is 17.2. The number of hydrogen-bond acceptors (Lipinski definition) is 4. The number of nitrogens with zero attached hydrogens (tertiary/aromatic N) is 1. The van der Waals surface area contributed by atoms with E-state index in [9.17, 15) is 8.42 Å². The van der Waals surface area contributed by atoms with Crippen LogP contribution in [0.25, 0.3) is 0 Å². The van der Waals surface area contributed by atoms with Gasteiger partial charge in [-0.05, 0) is 43.5 Å². The van der Waals surface area contributed by atoms with Gasteiger partial charge in [-0.15, -0.1) is 0 Å². The van der Waals surface area contributed by atoms with Crippen molar-refractivity contribution in [2.45, 2.75) is 43.5 Å². The smallest absolute Gasteiger partial charge is 0.243 e. The first-order valence-electron chi connectivity index (χ1n) is 7.83. The van der Waals surface area contributed by atoms with Gasteiger partial charge in [-0.25, -0.2) is 8.42 Å². The van der Waals surface area contributed by atoms with Crippen LogP contribution in [0.5, 0.6) is 5.75 Å². The Kier molecular flexibility index (Phi) is 6.23. The molecule has 1 aliphatic heterocycles. The molecule has 0 bridgehead atoms. The summed E-state index contributed by atoms with van der Waals surface area (Å²) in [6, 6.07) is 6.77. The fourth-order valence-corrected chi connectivity index (χ4v) is 4.55. The van der Waals surface area contributed by atoms with Crippen LogP contribution < -0.4 is 4.74 Å². The first-order valence-corrected chi connectivity index (χ1v) is 9.27. The van der Waals surface area contributed by atoms with Crippen LogP contribution in [-0.4, -0.2) is 45.6 Å². The quantitative estimate of drug-likeness (QED) is 0.723. The third-order valence-electron chi connectivity index (χ3n) is 4.03. The lowest BCUT2D eigenvalue weighted by molar-refractivity contribution is 0.146. The molecule has 1 unspecified atom stereocenters. The van der Waals surface area contributed by atoms with Crippen LogP contribution in [0.15, 0.2) is 29.2 Å². The molecule has 0 N–H and O–H groups in total. The molecule has 1 aromatic carbocycles. The van der Waals surface area contributed by atoms with Crippen LogP contribution in [0.4, 0.5) is 0 Å². The zero-order chi connectivity index (χ0) is 16.0. The summed E-state index contributed by atoms with van der Waals surface area (Å²) in [6.07, 6.45) is 3.86. The Labute approximate surface area is 133 Å². The second kappa shape index (κ2) is 7.94. The molecular weight excluding hydrogens is 302 g/mol. The van der Waals surface area contributed by atoms with Crippen LogP contribution >= 0.6 is 0 Å². The minimum Gasteiger partial charge on any atom is -0.491 e. The summed E-state index contributed by atoms with van der Waals surface area (Å²) in [5.74, 6) is 0.654. The van der Waals surface area contributed by atoms with Gasteiger partial charge in [0.1, 0.15) is 12.4 Å². The predicted molar refractivity (Wildman–Crippen MR) is 85.6 cm³/mol. The Morgan fingerprint density at radius 3 is 2.55 bits per heavy atom. The molecule has 1 aromatic rings. The Balaban J connectivity index is 2.11. The van der Waals surface area contributed by atoms with Crippen molar-refractivity contribution in [2.24, 2.45) is 0 Å². The summed E-state index contributed by atoms with van der Waals surface area (Å²) in [5.41, 5.74) is 0. The van der Waals surface area contributed by atoms with Crippen molar-refractivity contribution in [2.75, 3.05) is 26.9 Å². The Hall–Kier alpha value is -1.11. The number of sulfonamides is 1. The zero-order valence-electron chi connectivity index (χ0n) is 13.3. The summed E-state index contributed by atoms with van der Waals surface area (Å²) >= 11 is 0. The van der Waals surface area contributed by atoms with Crippen LogP contribution in [0, 0.1) is 0 Å². The SMILES string of the molecule is CCC1CCCCN1S(=O)(=O)c1ccc(OCCOC)cc1. The van der Waals surface area contributed by atoms with E-state index in [2.05, 4.69) is 0 Å². The summed E-state index contributed by atoms with van der Waals surface area (Å²) in [5, 5.41) is 0. The Morgan fingerprint density at radius 1 is 1.18 bits per heavy atom. The maximum atomic E-state index is 12.8. The molecule has 5 nitrogen and oxygen atoms in total. The second-order valence-corrected chi connectivity index (χ2v) is 7.38. The monoisotopic (exact) mass is 327 g/mol. The third kappa shape index (κ3) is 4.00. The van der Waals surface area contributed by atoms with Crippen molar-refractivity contribution in [3.05, 3.63) is 24.3 Å². The van der Waals surface area contributed by atoms with E-state index in [0.29, 0.717) is 30.4 Å². The van der Waals surface area contributed by atoms with E-state index in [1.807, 2.05) is 6.92 Å². The normalized spacial score (nSPS) is 20.0. The van der Waals surface area contributed by atoms with Gasteiger partial charge in [-0.2, -0.15) is 4.31 Å². The van der Waals surface area contributed by atoms with Crippen LogP contribution in [0.3, 0.4) is 0 Å². The highest BCUT2D eigenvalue weighted by Gasteiger charge is 2.32. The van der Waals surface area contributed by atoms with Gasteiger partial charge in [0, 0.05) is 19.7 Å². The molecule has 0 radical (unpaired) electrons. The van der Waals surface area contributed by atoms with Gasteiger partial charge in [0.05, 0.1) is 11.5 Å². The molecule has 6 heteroatoms. The molecular formula is C16H25NO4S. The largest absolute Gasteiger partial charge is 0.491 e. The van der Waals surface area contributed by atoms with Crippen molar-refractivity contribution in [1.29, 1.82) is 0 Å². The van der Waals surface area contributed by atoms with Crippen LogP contribution in [-0.2, 0) is 14.8 Å². The van der Waals surface area contributed by atoms with E-state index in [-0.39, 0.29) is 6.04 Å². The lowest BCUT2D eigenvalue weighted by Gasteiger charge is -2.34. The first-order chi connectivity index (χ1) is 10.6. The molecule has 1 heterocycles. The number of rotatable bonds is 7. The standard InChI is InChI=1S/C16H25NO4S/c1-3-14-6-4-5-11-17(14)22(18,19)16-9-7-15(8-10-16)21-13-12-20-2/h7-10,14H,3-6,11-13H2,1-2H3. The van der Waals surface area contributed by atoms with E-state index < -0.39 is 10.0 Å². The van der Waals surface area contributed by atoms with Crippen molar-refractivity contribution in [3.8, 4) is 5.75 Å². The predicted octanol–water partition coefficient (Wildman–Crippen LogP) is 2.67. The van der Waals surface area contributed by atoms with Gasteiger partial charge in [0.15, 0.2) is 0 Å². The topological polar surface area (TPSA) is 55.8 Å². The summed E-state index contributed by atoms with van der Waals surface area (Å²) in [6.45, 7) is 3.62. The fraction of sp³-hybridized carbons (Fsp3) is 0.625. The van der Waals surface area contributed by atoms with Crippen molar-refractivity contribution in [1.82, 2.24) is 4.31 Å². The molecule has 1 saturated heterocycles. The van der Waals surface area contributed by atoms with Crippen LogP contribution in [0.2, 0.25) is 0 Å². The summed E-state index contributed by atoms with van der Waals surface area (Å²) < 4.78 is 37.6. The number of benzene rings is 1. The molecule has 2 rings (SSSR count).